The molecule has 0 atom stereocenters. The SMILES string of the molecule is COc1cc(/C=N\Nc2nc3ccccc3n2C)ccc1O. The van der Waals surface area contributed by atoms with Crippen LogP contribution in [0.1, 0.15) is 5.56 Å². The number of rotatable bonds is 4. The number of fused-ring (bicyclic) bond motifs is 1. The predicted molar refractivity (Wildman–Crippen MR) is 86.6 cm³/mol. The molecule has 1 heterocycles. The van der Waals surface area contributed by atoms with Gasteiger partial charge in [0.15, 0.2) is 11.5 Å². The number of aryl methyl sites for hydroxylation is 1. The molecule has 2 aromatic carbocycles. The average molecular weight is 296 g/mol. The van der Waals surface area contributed by atoms with Gasteiger partial charge >= 0.3 is 0 Å². The Morgan fingerprint density at radius 3 is 2.86 bits per heavy atom. The molecule has 3 aromatic rings. The van der Waals surface area contributed by atoms with Crippen LogP contribution < -0.4 is 10.2 Å². The highest BCUT2D eigenvalue weighted by molar-refractivity contribution is 5.82. The molecule has 0 bridgehead atoms. The van der Waals surface area contributed by atoms with E-state index in [1.54, 1.807) is 24.4 Å². The van der Waals surface area contributed by atoms with Crippen LogP contribution in [0.2, 0.25) is 0 Å². The van der Waals surface area contributed by atoms with E-state index >= 15 is 0 Å². The van der Waals surface area contributed by atoms with Crippen molar-refractivity contribution in [3.8, 4) is 11.5 Å². The van der Waals surface area contributed by atoms with Crippen LogP contribution in [0, 0.1) is 0 Å². The number of nitrogens with zero attached hydrogens (tertiary/aromatic N) is 3. The largest absolute Gasteiger partial charge is 0.504 e. The number of nitrogens with one attached hydrogen (secondary N) is 1. The van der Waals surface area contributed by atoms with Crippen molar-refractivity contribution in [1.82, 2.24) is 9.55 Å². The van der Waals surface area contributed by atoms with Gasteiger partial charge in [0.05, 0.1) is 24.4 Å². The molecule has 1 aromatic heterocycles. The van der Waals surface area contributed by atoms with E-state index in [2.05, 4.69) is 15.5 Å². The van der Waals surface area contributed by atoms with E-state index in [1.807, 2.05) is 35.9 Å². The molecule has 0 unspecified atom stereocenters. The van der Waals surface area contributed by atoms with Crippen LogP contribution in [0.5, 0.6) is 11.5 Å². The van der Waals surface area contributed by atoms with Gasteiger partial charge in [0.25, 0.3) is 0 Å². The molecule has 3 rings (SSSR count). The summed E-state index contributed by atoms with van der Waals surface area (Å²) in [5.41, 5.74) is 5.67. The quantitative estimate of drug-likeness (QED) is 0.573. The van der Waals surface area contributed by atoms with Crippen LogP contribution in [0.15, 0.2) is 47.6 Å². The van der Waals surface area contributed by atoms with Gasteiger partial charge in [-0.1, -0.05) is 12.1 Å². The van der Waals surface area contributed by atoms with Gasteiger partial charge in [-0.05, 0) is 35.9 Å². The zero-order valence-electron chi connectivity index (χ0n) is 12.3. The average Bonchev–Trinajstić information content (AvgIpc) is 2.86. The lowest BCUT2D eigenvalue weighted by Crippen LogP contribution is -1.98. The summed E-state index contributed by atoms with van der Waals surface area (Å²) in [5, 5.41) is 13.7. The number of phenolic OH excluding ortho intramolecular Hbond substituents is 1. The second kappa shape index (κ2) is 5.77. The van der Waals surface area contributed by atoms with Gasteiger partial charge in [-0.3, -0.25) is 0 Å². The monoisotopic (exact) mass is 296 g/mol. The number of aromatic nitrogens is 2. The fourth-order valence-electron chi connectivity index (χ4n) is 2.18. The third-order valence-corrected chi connectivity index (χ3v) is 3.37. The summed E-state index contributed by atoms with van der Waals surface area (Å²) in [6, 6.07) is 12.9. The molecule has 2 N–H and O–H groups in total. The van der Waals surface area contributed by atoms with E-state index in [4.69, 9.17) is 4.74 Å². The number of para-hydroxylation sites is 2. The van der Waals surface area contributed by atoms with Crippen LogP contribution in [0.3, 0.4) is 0 Å². The zero-order valence-corrected chi connectivity index (χ0v) is 12.3. The minimum Gasteiger partial charge on any atom is -0.504 e. The molecule has 0 aliphatic heterocycles. The van der Waals surface area contributed by atoms with E-state index in [0.717, 1.165) is 16.6 Å². The van der Waals surface area contributed by atoms with Crippen LogP contribution >= 0.6 is 0 Å². The molecular formula is C16H16N4O2. The fraction of sp³-hybridized carbons (Fsp3) is 0.125. The summed E-state index contributed by atoms with van der Waals surface area (Å²) in [4.78, 5) is 4.46. The summed E-state index contributed by atoms with van der Waals surface area (Å²) in [5.74, 6) is 1.16. The maximum Gasteiger partial charge on any atom is 0.224 e. The van der Waals surface area contributed by atoms with Crippen molar-refractivity contribution in [3.05, 3.63) is 48.0 Å². The Bertz CT molecular complexity index is 839. The summed E-state index contributed by atoms with van der Waals surface area (Å²) >= 11 is 0. The van der Waals surface area contributed by atoms with Crippen LogP contribution in [-0.4, -0.2) is 28.0 Å². The van der Waals surface area contributed by atoms with Crippen molar-refractivity contribution in [3.63, 3.8) is 0 Å². The number of hydrazone groups is 1. The highest BCUT2D eigenvalue weighted by atomic mass is 16.5. The molecule has 0 fully saturated rings. The van der Waals surface area contributed by atoms with E-state index in [-0.39, 0.29) is 5.75 Å². The van der Waals surface area contributed by atoms with Crippen LogP contribution in [0.25, 0.3) is 11.0 Å². The first-order valence-electron chi connectivity index (χ1n) is 6.76. The third kappa shape index (κ3) is 2.58. The smallest absolute Gasteiger partial charge is 0.224 e. The van der Waals surface area contributed by atoms with Gasteiger partial charge in [-0.15, -0.1) is 0 Å². The second-order valence-corrected chi connectivity index (χ2v) is 4.78. The fourth-order valence-corrected chi connectivity index (χ4v) is 2.18. The number of benzene rings is 2. The number of phenols is 1. The highest BCUT2D eigenvalue weighted by Crippen LogP contribution is 2.25. The van der Waals surface area contributed by atoms with Crippen molar-refractivity contribution in [2.75, 3.05) is 12.5 Å². The lowest BCUT2D eigenvalue weighted by atomic mass is 10.2. The van der Waals surface area contributed by atoms with Crippen molar-refractivity contribution >= 4 is 23.2 Å². The number of anilines is 1. The van der Waals surface area contributed by atoms with E-state index in [1.165, 1.54) is 7.11 Å². The summed E-state index contributed by atoms with van der Waals surface area (Å²) < 4.78 is 7.00. The van der Waals surface area contributed by atoms with E-state index in [9.17, 15) is 5.11 Å². The van der Waals surface area contributed by atoms with Gasteiger partial charge in [-0.2, -0.15) is 5.10 Å². The Morgan fingerprint density at radius 2 is 2.09 bits per heavy atom. The first-order chi connectivity index (χ1) is 10.7. The molecule has 6 heteroatoms. The van der Waals surface area contributed by atoms with Crippen molar-refractivity contribution in [1.29, 1.82) is 0 Å². The lowest BCUT2D eigenvalue weighted by molar-refractivity contribution is 0.373. The number of imidazole rings is 1. The van der Waals surface area contributed by atoms with Crippen LogP contribution in [0.4, 0.5) is 5.95 Å². The molecule has 0 aliphatic carbocycles. The second-order valence-electron chi connectivity index (χ2n) is 4.78. The molecule has 22 heavy (non-hydrogen) atoms. The summed E-state index contributed by atoms with van der Waals surface area (Å²) in [6.45, 7) is 0. The molecule has 0 amide bonds. The van der Waals surface area contributed by atoms with Crippen LogP contribution in [-0.2, 0) is 7.05 Å². The Hall–Kier alpha value is -3.02. The number of methoxy groups -OCH3 is 1. The first kappa shape index (κ1) is 13.9. The Kier molecular flexibility index (Phi) is 3.65. The third-order valence-electron chi connectivity index (χ3n) is 3.37. The number of ether oxygens (including phenoxy) is 1. The van der Waals surface area contributed by atoms with Gasteiger partial charge in [0.2, 0.25) is 5.95 Å². The van der Waals surface area contributed by atoms with Gasteiger partial charge in [0, 0.05) is 7.05 Å². The maximum atomic E-state index is 9.56. The lowest BCUT2D eigenvalue weighted by Gasteiger charge is -2.03. The molecule has 0 saturated heterocycles. The Labute approximate surface area is 127 Å². The summed E-state index contributed by atoms with van der Waals surface area (Å²) in [6.07, 6.45) is 1.64. The number of hydrogen-bond donors (Lipinski definition) is 2. The van der Waals surface area contributed by atoms with Crippen molar-refractivity contribution in [2.45, 2.75) is 0 Å². The van der Waals surface area contributed by atoms with E-state index < -0.39 is 0 Å². The van der Waals surface area contributed by atoms with Gasteiger partial charge < -0.3 is 14.4 Å². The van der Waals surface area contributed by atoms with Crippen molar-refractivity contribution < 1.29 is 9.84 Å². The first-order valence-corrected chi connectivity index (χ1v) is 6.76. The minimum absolute atomic E-state index is 0.1000. The molecule has 0 radical (unpaired) electrons. The molecule has 112 valence electrons. The Balaban J connectivity index is 1.80. The Morgan fingerprint density at radius 1 is 1.27 bits per heavy atom. The number of hydrogen-bond acceptors (Lipinski definition) is 5. The maximum absolute atomic E-state index is 9.56. The van der Waals surface area contributed by atoms with Gasteiger partial charge in [0.1, 0.15) is 0 Å². The standard InChI is InChI=1S/C16H16N4O2/c1-20-13-6-4-3-5-12(13)18-16(20)19-17-10-11-7-8-14(21)15(9-11)22-2/h3-10,21H,1-2H3,(H,18,19)/b17-10-. The predicted octanol–water partition coefficient (Wildman–Crippen LogP) is 2.73. The van der Waals surface area contributed by atoms with E-state index in [0.29, 0.717) is 11.7 Å². The molecule has 0 aliphatic rings. The topological polar surface area (TPSA) is 71.7 Å². The molecule has 0 saturated carbocycles. The zero-order chi connectivity index (χ0) is 15.5. The normalized spacial score (nSPS) is 11.2. The van der Waals surface area contributed by atoms with Crippen molar-refractivity contribution in [2.24, 2.45) is 12.1 Å². The molecule has 6 nitrogen and oxygen atoms in total. The molecular weight excluding hydrogens is 280 g/mol. The summed E-state index contributed by atoms with van der Waals surface area (Å²) in [7, 11) is 3.43. The number of aromatic hydroxyl groups is 1. The highest BCUT2D eigenvalue weighted by Gasteiger charge is 2.05. The van der Waals surface area contributed by atoms with Gasteiger partial charge in [-0.25, -0.2) is 10.4 Å². The molecule has 0 spiro atoms. The minimum atomic E-state index is 0.1000.